The van der Waals surface area contributed by atoms with E-state index in [0.717, 1.165) is 4.90 Å². The first-order valence-electron chi connectivity index (χ1n) is 31.9. The summed E-state index contributed by atoms with van der Waals surface area (Å²) in [7, 11) is 5.99. The van der Waals surface area contributed by atoms with Crippen LogP contribution in [0.4, 0.5) is 15.3 Å². The second-order valence-electron chi connectivity index (χ2n) is 24.7. The number of hydrogen-bond acceptors (Lipinski definition) is 17. The van der Waals surface area contributed by atoms with Crippen LogP contribution in [0.5, 0.6) is 0 Å². The summed E-state index contributed by atoms with van der Waals surface area (Å²) >= 11 is 0. The number of carbonyl (C=O) groups excluding carboxylic acids is 12. The van der Waals surface area contributed by atoms with Gasteiger partial charge in [0.1, 0.15) is 30.8 Å². The maximum Gasteiger partial charge on any atom is 0.410 e. The summed E-state index contributed by atoms with van der Waals surface area (Å²) in [4.78, 5) is 167. The quantitative estimate of drug-likeness (QED) is 0.0356. The molecule has 0 saturated carbocycles. The number of likely N-dealkylation sites (N-methyl/N-ethyl adjacent to an activating group) is 2. The van der Waals surface area contributed by atoms with E-state index in [1.807, 2.05) is 32.0 Å². The van der Waals surface area contributed by atoms with Gasteiger partial charge in [0.15, 0.2) is 0 Å². The number of hydrogen-bond donors (Lipinski definition) is 8. The van der Waals surface area contributed by atoms with Crippen molar-refractivity contribution in [3.05, 3.63) is 65.7 Å². The fourth-order valence-electron chi connectivity index (χ4n) is 11.6. The summed E-state index contributed by atoms with van der Waals surface area (Å²) in [5, 5.41) is 27.6. The molecule has 0 bridgehead atoms. The van der Waals surface area contributed by atoms with Gasteiger partial charge in [-0.15, -0.1) is 5.06 Å². The largest absolute Gasteiger partial charge is 0.445 e. The van der Waals surface area contributed by atoms with E-state index < -0.39 is 138 Å². The molecule has 93 heavy (non-hydrogen) atoms. The molecule has 2 aliphatic rings. The highest BCUT2D eigenvalue weighted by Gasteiger charge is 2.44. The Kier molecular flexibility index (Phi) is 31.1. The lowest BCUT2D eigenvalue weighted by Crippen LogP contribution is -2.58. The Bertz CT molecular complexity index is 2860. The van der Waals surface area contributed by atoms with E-state index in [1.165, 1.54) is 33.1 Å². The fourth-order valence-corrected chi connectivity index (χ4v) is 11.6. The number of rotatable bonds is 36. The number of carbonyl (C=O) groups is 12. The van der Waals surface area contributed by atoms with Crippen molar-refractivity contribution in [3.8, 4) is 0 Å². The number of anilines is 1. The lowest BCUT2D eigenvalue weighted by Gasteiger charge is -2.40. The average Bonchev–Trinajstić information content (AvgIpc) is 1.86. The maximum atomic E-state index is 14.4. The Balaban J connectivity index is 1.34. The lowest BCUT2D eigenvalue weighted by atomic mass is 9.90. The highest BCUT2D eigenvalue weighted by atomic mass is 16.7. The Morgan fingerprint density at radius 2 is 1.39 bits per heavy atom. The maximum absolute atomic E-state index is 14.4. The first-order chi connectivity index (χ1) is 43.9. The molecule has 12 amide bonds. The van der Waals surface area contributed by atoms with Crippen molar-refractivity contribution in [2.45, 2.75) is 200 Å². The number of likely N-dealkylation sites (tertiary alicyclic amines) is 1. The van der Waals surface area contributed by atoms with Crippen LogP contribution in [0.1, 0.15) is 150 Å². The van der Waals surface area contributed by atoms with E-state index in [2.05, 4.69) is 31.9 Å². The van der Waals surface area contributed by atoms with Crippen LogP contribution in [-0.4, -0.2) is 192 Å². The van der Waals surface area contributed by atoms with Gasteiger partial charge < -0.3 is 71.6 Å². The van der Waals surface area contributed by atoms with Crippen molar-refractivity contribution in [3.63, 3.8) is 0 Å². The molecule has 2 heterocycles. The molecule has 0 spiro atoms. The monoisotopic (exact) mass is 1310 g/mol. The minimum atomic E-state index is -1.17. The zero-order chi connectivity index (χ0) is 69.4. The number of aliphatic hydroxyl groups is 1. The molecule has 2 fully saturated rings. The van der Waals surface area contributed by atoms with Gasteiger partial charge in [-0.1, -0.05) is 97.4 Å². The summed E-state index contributed by atoms with van der Waals surface area (Å²) in [6.45, 7) is 16.0. The standard InChI is InChI=1S/C65H99N11O17/c1-14-39(6)56(48(90-12)35-52(80)75-34-20-24-47(75)58(91-13)40(7)59(83)68-41(8)57(82)44-21-16-15-17-22-44)73(10)63(87)42(9)69-62(86)55(38(4)5)74(11)65(89)92-36-43-27-29-45(30-28-43)70-60(84)46(23-19-33-67-64(66)88)71-61(85)54(37(2)3)72-49(77)25-18-26-53(81)93-76-50(78)31-32-51(76)79/h15-17,21-22,27-30,37-42,46-48,54-58,82H,14,18-20,23-26,31-36H2,1-13H3,(H,68,83)(H,69,86)(H,70,84)(H,71,85)(H,72,77)(H3,66,67,88)/t39-,40+,41+,42-,46-,47-,48+,54-,55-,56-,57+,58+/m0/s1. The van der Waals surface area contributed by atoms with E-state index in [9.17, 15) is 62.6 Å². The Hall–Kier alpha value is -8.24. The Labute approximate surface area is 545 Å². The van der Waals surface area contributed by atoms with Crippen LogP contribution in [0.2, 0.25) is 0 Å². The van der Waals surface area contributed by atoms with Crippen molar-refractivity contribution in [2.24, 2.45) is 29.4 Å². The first kappa shape index (κ1) is 77.2. The number of benzene rings is 2. The third kappa shape index (κ3) is 22.8. The number of imide groups is 1. The minimum absolute atomic E-state index is 0.0221. The molecule has 516 valence electrons. The van der Waals surface area contributed by atoms with Crippen LogP contribution < -0.4 is 37.6 Å². The van der Waals surface area contributed by atoms with Crippen LogP contribution in [-0.2, 0) is 73.6 Å². The molecule has 0 unspecified atom stereocenters. The molecule has 28 heteroatoms. The SMILES string of the molecule is CC[C@H](C)[C@@H]([C@@H](CC(=O)N1CCC[C@H]1[C@H](OC)[C@@H](C)C(=O)N[C@H](C)[C@@H](O)c1ccccc1)OC)N(C)C(=O)[C@H](C)NC(=O)[C@H](C(C)C)N(C)C(=O)OCc1ccc(NC(=O)[C@H](CCCNC(N)=O)NC(=O)[C@@H](NC(=O)CCCC(=O)ON2C(=O)CCC2=O)C(C)C)cc1. The van der Waals surface area contributed by atoms with Gasteiger partial charge in [0.2, 0.25) is 41.4 Å². The van der Waals surface area contributed by atoms with Crippen molar-refractivity contribution in [1.82, 2.24) is 46.3 Å². The highest BCUT2D eigenvalue weighted by Crippen LogP contribution is 2.30. The molecule has 2 aromatic carbocycles. The molecule has 2 saturated heterocycles. The number of nitrogens with one attached hydrogen (secondary N) is 6. The lowest BCUT2D eigenvalue weighted by molar-refractivity contribution is -0.197. The molecule has 2 aliphatic heterocycles. The van der Waals surface area contributed by atoms with E-state index in [1.54, 1.807) is 89.9 Å². The molecular weight excluding hydrogens is 1210 g/mol. The number of methoxy groups -OCH3 is 2. The number of amides is 12. The van der Waals surface area contributed by atoms with Crippen LogP contribution >= 0.6 is 0 Å². The van der Waals surface area contributed by atoms with Gasteiger partial charge in [-0.05, 0) is 87.0 Å². The number of nitrogens with zero attached hydrogens (tertiary/aromatic N) is 4. The number of hydroxylamine groups is 2. The number of aliphatic hydroxyl groups excluding tert-OH is 1. The molecule has 0 radical (unpaired) electrons. The molecule has 0 aliphatic carbocycles. The summed E-state index contributed by atoms with van der Waals surface area (Å²) < 4.78 is 17.6. The predicted molar refractivity (Wildman–Crippen MR) is 341 cm³/mol. The van der Waals surface area contributed by atoms with Gasteiger partial charge in [-0.3, -0.25) is 48.1 Å². The van der Waals surface area contributed by atoms with Gasteiger partial charge in [0.25, 0.3) is 11.8 Å². The number of ether oxygens (including phenoxy) is 3. The molecule has 12 atom stereocenters. The second kappa shape index (κ2) is 37.5. The summed E-state index contributed by atoms with van der Waals surface area (Å²) in [5.74, 6) is -7.52. The average molecular weight is 1310 g/mol. The zero-order valence-corrected chi connectivity index (χ0v) is 56.0. The summed E-state index contributed by atoms with van der Waals surface area (Å²) in [6, 6.07) is 8.35. The molecule has 4 rings (SSSR count). The first-order valence-corrected chi connectivity index (χ1v) is 31.9. The Morgan fingerprint density at radius 3 is 1.97 bits per heavy atom. The minimum Gasteiger partial charge on any atom is -0.445 e. The number of primary amides is 1. The van der Waals surface area contributed by atoms with Crippen molar-refractivity contribution >= 4 is 76.9 Å². The van der Waals surface area contributed by atoms with Gasteiger partial charge in [0.05, 0.1) is 48.8 Å². The van der Waals surface area contributed by atoms with Gasteiger partial charge in [-0.25, -0.2) is 14.4 Å². The molecular formula is C65H99N11O17. The fraction of sp³-hybridized carbons (Fsp3) is 0.631. The van der Waals surface area contributed by atoms with Crippen LogP contribution in [0.15, 0.2) is 54.6 Å². The molecule has 0 aromatic heterocycles. The van der Waals surface area contributed by atoms with Crippen molar-refractivity contribution in [2.75, 3.05) is 46.7 Å². The van der Waals surface area contributed by atoms with E-state index in [0.29, 0.717) is 47.7 Å². The smallest absolute Gasteiger partial charge is 0.410 e. The predicted octanol–water partition coefficient (Wildman–Crippen LogP) is 3.73. The van der Waals surface area contributed by atoms with Crippen molar-refractivity contribution < 1.29 is 81.7 Å². The van der Waals surface area contributed by atoms with E-state index in [4.69, 9.17) is 24.8 Å². The topological polar surface area (TPSA) is 373 Å². The van der Waals surface area contributed by atoms with Gasteiger partial charge >= 0.3 is 18.1 Å². The molecule has 28 nitrogen and oxygen atoms in total. The summed E-state index contributed by atoms with van der Waals surface area (Å²) in [6.07, 6.45) is -1.88. The van der Waals surface area contributed by atoms with Crippen LogP contribution in [0.3, 0.4) is 0 Å². The zero-order valence-electron chi connectivity index (χ0n) is 56.0. The van der Waals surface area contributed by atoms with Gasteiger partial charge in [-0.2, -0.15) is 0 Å². The number of urea groups is 1. The normalized spacial score (nSPS) is 17.5. The highest BCUT2D eigenvalue weighted by molar-refractivity contribution is 6.02. The van der Waals surface area contributed by atoms with E-state index >= 15 is 0 Å². The third-order valence-corrected chi connectivity index (χ3v) is 17.0. The van der Waals surface area contributed by atoms with E-state index in [-0.39, 0.29) is 82.3 Å². The second-order valence-corrected chi connectivity index (χ2v) is 24.7. The Morgan fingerprint density at radius 1 is 0.742 bits per heavy atom. The van der Waals surface area contributed by atoms with Crippen LogP contribution in [0, 0.1) is 23.7 Å². The van der Waals surface area contributed by atoms with Gasteiger partial charge in [0, 0.05) is 72.8 Å². The molecule has 9 N–H and O–H groups in total. The molecule has 2 aromatic rings. The summed E-state index contributed by atoms with van der Waals surface area (Å²) in [5.41, 5.74) is 6.68. The van der Waals surface area contributed by atoms with Crippen LogP contribution in [0.25, 0.3) is 0 Å². The third-order valence-electron chi connectivity index (χ3n) is 17.0. The van der Waals surface area contributed by atoms with Crippen molar-refractivity contribution in [1.29, 1.82) is 0 Å². The number of nitrogens with two attached hydrogens (primary N) is 1.